The number of hydrogen-bond acceptors (Lipinski definition) is 2. The van der Waals surface area contributed by atoms with Gasteiger partial charge in [0.25, 0.3) is 0 Å². The van der Waals surface area contributed by atoms with Gasteiger partial charge in [-0.25, -0.2) is 0 Å². The van der Waals surface area contributed by atoms with Crippen LogP contribution in [0.5, 0.6) is 0 Å². The molecule has 0 bridgehead atoms. The maximum atomic E-state index is 11.9. The monoisotopic (exact) mass is 253 g/mol. The average Bonchev–Trinajstić information content (AvgIpc) is 2.32. The molecule has 0 aromatic carbocycles. The third-order valence-corrected chi connectivity index (χ3v) is 4.48. The summed E-state index contributed by atoms with van der Waals surface area (Å²) in [6, 6.07) is 0. The Morgan fingerprint density at radius 1 is 1.39 bits per heavy atom. The number of carboxylic acids is 1. The summed E-state index contributed by atoms with van der Waals surface area (Å²) in [5, 5.41) is 9.07. The number of carbonyl (C=O) groups is 2. The van der Waals surface area contributed by atoms with Crippen LogP contribution in [-0.4, -0.2) is 35.0 Å². The van der Waals surface area contributed by atoms with E-state index in [0.29, 0.717) is 19.4 Å². The largest absolute Gasteiger partial charge is 0.481 e. The molecule has 1 N–H and O–H groups in total. The molecular weight excluding hydrogens is 230 g/mol. The molecule has 18 heavy (non-hydrogen) atoms. The highest BCUT2D eigenvalue weighted by Crippen LogP contribution is 2.37. The molecule has 1 unspecified atom stereocenters. The fourth-order valence-corrected chi connectivity index (χ4v) is 3.29. The van der Waals surface area contributed by atoms with Crippen LogP contribution in [-0.2, 0) is 9.59 Å². The lowest BCUT2D eigenvalue weighted by atomic mass is 9.75. The van der Waals surface area contributed by atoms with E-state index in [0.717, 1.165) is 19.4 Å². The lowest BCUT2D eigenvalue weighted by Gasteiger charge is -2.40. The minimum Gasteiger partial charge on any atom is -0.481 e. The van der Waals surface area contributed by atoms with Crippen molar-refractivity contribution in [1.29, 1.82) is 0 Å². The van der Waals surface area contributed by atoms with Crippen LogP contribution in [0.3, 0.4) is 0 Å². The molecular formula is C14H23NO3. The average molecular weight is 253 g/mol. The van der Waals surface area contributed by atoms with Gasteiger partial charge in [0, 0.05) is 19.5 Å². The number of aliphatic carboxylic acids is 1. The van der Waals surface area contributed by atoms with Gasteiger partial charge in [0.15, 0.2) is 0 Å². The highest BCUT2D eigenvalue weighted by atomic mass is 16.4. The molecule has 2 rings (SSSR count). The number of likely N-dealkylation sites (tertiary alicyclic amines) is 1. The third-order valence-electron chi connectivity index (χ3n) is 4.48. The summed E-state index contributed by atoms with van der Waals surface area (Å²) in [6.45, 7) is 3.39. The Morgan fingerprint density at radius 2 is 2.06 bits per heavy atom. The van der Waals surface area contributed by atoms with Crippen LogP contribution in [0.4, 0.5) is 0 Å². The predicted octanol–water partition coefficient (Wildman–Crippen LogP) is 2.28. The third kappa shape index (κ3) is 3.03. The van der Waals surface area contributed by atoms with E-state index in [1.165, 1.54) is 19.3 Å². The fraction of sp³-hybridized carbons (Fsp3) is 0.857. The molecule has 1 saturated carbocycles. The molecule has 2 aliphatic rings. The van der Waals surface area contributed by atoms with Crippen LogP contribution in [0.2, 0.25) is 0 Å². The summed E-state index contributed by atoms with van der Waals surface area (Å²) < 4.78 is 0. The van der Waals surface area contributed by atoms with Crippen molar-refractivity contribution < 1.29 is 14.7 Å². The van der Waals surface area contributed by atoms with Crippen molar-refractivity contribution in [2.45, 2.75) is 51.9 Å². The van der Waals surface area contributed by atoms with Gasteiger partial charge in [-0.2, -0.15) is 0 Å². The fourth-order valence-electron chi connectivity index (χ4n) is 3.29. The highest BCUT2D eigenvalue weighted by molar-refractivity contribution is 5.80. The lowest BCUT2D eigenvalue weighted by molar-refractivity contribution is -0.148. The number of amides is 1. The lowest BCUT2D eigenvalue weighted by Crippen LogP contribution is -2.47. The topological polar surface area (TPSA) is 57.6 Å². The molecule has 2 fully saturated rings. The van der Waals surface area contributed by atoms with Gasteiger partial charge >= 0.3 is 5.97 Å². The van der Waals surface area contributed by atoms with Crippen molar-refractivity contribution in [2.24, 2.45) is 11.3 Å². The van der Waals surface area contributed by atoms with E-state index in [9.17, 15) is 9.59 Å². The zero-order valence-electron chi connectivity index (χ0n) is 11.2. The molecule has 1 heterocycles. The van der Waals surface area contributed by atoms with Crippen LogP contribution >= 0.6 is 0 Å². The van der Waals surface area contributed by atoms with Gasteiger partial charge in [0.1, 0.15) is 0 Å². The van der Waals surface area contributed by atoms with Crippen molar-refractivity contribution in [2.75, 3.05) is 13.1 Å². The van der Waals surface area contributed by atoms with Crippen LogP contribution in [0.1, 0.15) is 51.9 Å². The summed E-state index contributed by atoms with van der Waals surface area (Å²) in [7, 11) is 0. The summed E-state index contributed by atoms with van der Waals surface area (Å²) >= 11 is 0. The Labute approximate surface area is 108 Å². The second-order valence-corrected chi connectivity index (χ2v) is 6.22. The number of hydrogen-bond donors (Lipinski definition) is 1. The van der Waals surface area contributed by atoms with Gasteiger partial charge in [0.05, 0.1) is 5.92 Å². The van der Waals surface area contributed by atoms with Gasteiger partial charge in [0.2, 0.25) is 5.91 Å². The molecule has 4 heteroatoms. The second kappa shape index (κ2) is 5.29. The molecule has 4 nitrogen and oxygen atoms in total. The standard InChI is InChI=1S/C14H23NO3/c1-14(7-3-2-4-8-14)10-15-9-11(13(17)18)5-6-12(15)16/h11H,2-10H2,1H3,(H,17,18). The quantitative estimate of drug-likeness (QED) is 0.839. The van der Waals surface area contributed by atoms with Crippen LogP contribution in [0, 0.1) is 11.3 Å². The minimum absolute atomic E-state index is 0.138. The summed E-state index contributed by atoms with van der Waals surface area (Å²) in [4.78, 5) is 24.8. The predicted molar refractivity (Wildman–Crippen MR) is 68.1 cm³/mol. The Hall–Kier alpha value is -1.06. The summed E-state index contributed by atoms with van der Waals surface area (Å²) in [5.41, 5.74) is 0.203. The van der Waals surface area contributed by atoms with Crippen molar-refractivity contribution >= 4 is 11.9 Å². The molecule has 1 aliphatic carbocycles. The smallest absolute Gasteiger partial charge is 0.308 e. The zero-order valence-corrected chi connectivity index (χ0v) is 11.2. The van der Waals surface area contributed by atoms with Crippen molar-refractivity contribution in [3.8, 4) is 0 Å². The van der Waals surface area contributed by atoms with E-state index in [1.807, 2.05) is 0 Å². The Kier molecular flexibility index (Phi) is 3.93. The molecule has 0 aromatic rings. The van der Waals surface area contributed by atoms with Gasteiger partial charge in [-0.3, -0.25) is 9.59 Å². The number of rotatable bonds is 3. The molecule has 0 aromatic heterocycles. The van der Waals surface area contributed by atoms with Crippen molar-refractivity contribution in [1.82, 2.24) is 4.90 Å². The molecule has 0 spiro atoms. The molecule has 102 valence electrons. The van der Waals surface area contributed by atoms with E-state index in [4.69, 9.17) is 5.11 Å². The molecule has 1 aliphatic heterocycles. The first kappa shape index (κ1) is 13.4. The SMILES string of the molecule is CC1(CN2CC(C(=O)O)CCC2=O)CCCCC1. The summed E-state index contributed by atoms with van der Waals surface area (Å²) in [5.74, 6) is -0.990. The number of carbonyl (C=O) groups excluding carboxylic acids is 1. The molecule has 1 saturated heterocycles. The Bertz CT molecular complexity index is 334. The maximum Gasteiger partial charge on any atom is 0.308 e. The van der Waals surface area contributed by atoms with Gasteiger partial charge in [-0.1, -0.05) is 26.2 Å². The number of nitrogens with zero attached hydrogens (tertiary/aromatic N) is 1. The number of carboxylic acid groups (broad SMARTS) is 1. The van der Waals surface area contributed by atoms with Gasteiger partial charge in [-0.05, 0) is 24.7 Å². The van der Waals surface area contributed by atoms with Crippen LogP contribution < -0.4 is 0 Å². The Morgan fingerprint density at radius 3 is 2.67 bits per heavy atom. The van der Waals surface area contributed by atoms with E-state index in [-0.39, 0.29) is 17.2 Å². The number of piperidine rings is 1. The van der Waals surface area contributed by atoms with Crippen LogP contribution in [0.25, 0.3) is 0 Å². The minimum atomic E-state index is -0.763. The maximum absolute atomic E-state index is 11.9. The summed E-state index contributed by atoms with van der Waals surface area (Å²) in [6.07, 6.45) is 6.99. The van der Waals surface area contributed by atoms with Crippen molar-refractivity contribution in [3.63, 3.8) is 0 Å². The normalized spacial score (nSPS) is 28.2. The van der Waals surface area contributed by atoms with E-state index < -0.39 is 5.97 Å². The van der Waals surface area contributed by atoms with E-state index >= 15 is 0 Å². The van der Waals surface area contributed by atoms with Gasteiger partial charge in [-0.15, -0.1) is 0 Å². The highest BCUT2D eigenvalue weighted by Gasteiger charge is 2.35. The first-order valence-corrected chi connectivity index (χ1v) is 7.01. The molecule has 1 amide bonds. The first-order valence-electron chi connectivity index (χ1n) is 7.01. The molecule has 0 radical (unpaired) electrons. The van der Waals surface area contributed by atoms with Crippen LogP contribution in [0.15, 0.2) is 0 Å². The van der Waals surface area contributed by atoms with Crippen molar-refractivity contribution in [3.05, 3.63) is 0 Å². The zero-order chi connectivity index (χ0) is 13.2. The van der Waals surface area contributed by atoms with E-state index in [2.05, 4.69) is 6.92 Å². The Balaban J connectivity index is 1.97. The van der Waals surface area contributed by atoms with E-state index in [1.54, 1.807) is 4.90 Å². The second-order valence-electron chi connectivity index (χ2n) is 6.22. The first-order chi connectivity index (χ1) is 8.50. The van der Waals surface area contributed by atoms with Gasteiger partial charge < -0.3 is 10.0 Å². The molecule has 1 atom stereocenters.